The summed E-state index contributed by atoms with van der Waals surface area (Å²) >= 11 is 0. The number of hydrogen-bond acceptors (Lipinski definition) is 5. The molecule has 10 heteroatoms. The highest BCUT2D eigenvalue weighted by Gasteiger charge is 2.49. The van der Waals surface area contributed by atoms with Crippen molar-refractivity contribution in [2.75, 3.05) is 12.3 Å². The highest BCUT2D eigenvalue weighted by molar-refractivity contribution is 5.69. The van der Waals surface area contributed by atoms with Crippen LogP contribution in [0.1, 0.15) is 70.7 Å². The SMILES string of the molecule is CC(C)n1nc(-c2cnc(N)c(C(F)(F)F)c2)cc1[C@H]1CC2C[C@@H]1CN2C(=O)OC(C)(C)C. The third-order valence-corrected chi connectivity index (χ3v) is 6.32. The molecule has 0 spiro atoms. The summed E-state index contributed by atoms with van der Waals surface area (Å²) in [5, 5.41) is 4.63. The first-order valence-corrected chi connectivity index (χ1v) is 11.2. The molecule has 3 heterocycles. The molecule has 4 rings (SSSR count). The number of carbonyl (C=O) groups is 1. The molecule has 3 atom stereocenters. The van der Waals surface area contributed by atoms with Gasteiger partial charge in [0.1, 0.15) is 11.4 Å². The summed E-state index contributed by atoms with van der Waals surface area (Å²) in [7, 11) is 0. The molecule has 2 fully saturated rings. The van der Waals surface area contributed by atoms with Crippen molar-refractivity contribution < 1.29 is 22.7 Å². The number of aromatic nitrogens is 3. The molecular formula is C23H30F3N5O2. The normalized spacial score (nSPS) is 22.9. The number of hydrogen-bond donors (Lipinski definition) is 1. The summed E-state index contributed by atoms with van der Waals surface area (Å²) < 4.78 is 47.4. The van der Waals surface area contributed by atoms with Crippen molar-refractivity contribution in [1.82, 2.24) is 19.7 Å². The lowest BCUT2D eigenvalue weighted by atomic mass is 9.90. The van der Waals surface area contributed by atoms with Gasteiger partial charge in [-0.25, -0.2) is 9.78 Å². The van der Waals surface area contributed by atoms with Crippen molar-refractivity contribution in [2.45, 2.75) is 77.2 Å². The summed E-state index contributed by atoms with van der Waals surface area (Å²) in [4.78, 5) is 18.1. The van der Waals surface area contributed by atoms with Gasteiger partial charge in [-0.15, -0.1) is 0 Å². The number of carbonyl (C=O) groups excluding carboxylic acids is 1. The Labute approximate surface area is 191 Å². The summed E-state index contributed by atoms with van der Waals surface area (Å²) in [5.74, 6) is -0.133. The molecule has 33 heavy (non-hydrogen) atoms. The number of amides is 1. The maximum atomic E-state index is 13.3. The summed E-state index contributed by atoms with van der Waals surface area (Å²) in [6, 6.07) is 2.98. The number of likely N-dealkylation sites (tertiary alicyclic amines) is 1. The van der Waals surface area contributed by atoms with Gasteiger partial charge in [0, 0.05) is 42.0 Å². The number of rotatable bonds is 3. The Morgan fingerprint density at radius 2 is 1.91 bits per heavy atom. The van der Waals surface area contributed by atoms with Crippen molar-refractivity contribution in [3.8, 4) is 11.3 Å². The average molecular weight is 466 g/mol. The number of alkyl halides is 3. The van der Waals surface area contributed by atoms with Crippen LogP contribution >= 0.6 is 0 Å². The number of pyridine rings is 1. The first-order valence-electron chi connectivity index (χ1n) is 11.2. The van der Waals surface area contributed by atoms with E-state index in [0.29, 0.717) is 12.2 Å². The van der Waals surface area contributed by atoms with Gasteiger partial charge in [-0.05, 0) is 65.5 Å². The molecule has 1 saturated heterocycles. The molecule has 2 aromatic heterocycles. The monoisotopic (exact) mass is 465 g/mol. The smallest absolute Gasteiger partial charge is 0.419 e. The van der Waals surface area contributed by atoms with Crippen LogP contribution in [-0.2, 0) is 10.9 Å². The number of nitrogen functional groups attached to an aromatic ring is 1. The van der Waals surface area contributed by atoms with Crippen LogP contribution in [0.15, 0.2) is 18.3 Å². The topological polar surface area (TPSA) is 86.3 Å². The van der Waals surface area contributed by atoms with E-state index in [-0.39, 0.29) is 35.6 Å². The molecule has 180 valence electrons. The lowest BCUT2D eigenvalue weighted by Crippen LogP contribution is -2.42. The van der Waals surface area contributed by atoms with Crippen molar-refractivity contribution in [3.63, 3.8) is 0 Å². The largest absolute Gasteiger partial charge is 0.444 e. The molecule has 2 N–H and O–H groups in total. The van der Waals surface area contributed by atoms with E-state index in [1.165, 1.54) is 6.20 Å². The van der Waals surface area contributed by atoms with Gasteiger partial charge in [0.05, 0.1) is 11.3 Å². The number of nitrogens with zero attached hydrogens (tertiary/aromatic N) is 4. The second-order valence-corrected chi connectivity index (χ2v) is 10.3. The zero-order valence-corrected chi connectivity index (χ0v) is 19.5. The lowest BCUT2D eigenvalue weighted by Gasteiger charge is -2.33. The number of ether oxygens (including phenoxy) is 1. The third kappa shape index (κ3) is 4.52. The van der Waals surface area contributed by atoms with E-state index >= 15 is 0 Å². The van der Waals surface area contributed by atoms with E-state index in [9.17, 15) is 18.0 Å². The van der Waals surface area contributed by atoms with Crippen molar-refractivity contribution in [3.05, 3.63) is 29.6 Å². The predicted molar refractivity (Wildman–Crippen MR) is 117 cm³/mol. The van der Waals surface area contributed by atoms with Crippen LogP contribution in [0.4, 0.5) is 23.8 Å². The number of fused-ring (bicyclic) bond motifs is 2. The quantitative estimate of drug-likeness (QED) is 0.670. The van der Waals surface area contributed by atoms with Crippen molar-refractivity contribution >= 4 is 11.9 Å². The zero-order chi connectivity index (χ0) is 24.3. The van der Waals surface area contributed by atoms with Crippen LogP contribution in [0.5, 0.6) is 0 Å². The van der Waals surface area contributed by atoms with Crippen LogP contribution in [0.25, 0.3) is 11.3 Å². The fourth-order valence-electron chi connectivity index (χ4n) is 4.94. The molecule has 2 bridgehead atoms. The molecule has 2 aliphatic rings. The molecule has 1 aliphatic carbocycles. The van der Waals surface area contributed by atoms with Gasteiger partial charge >= 0.3 is 12.3 Å². The van der Waals surface area contributed by atoms with Crippen LogP contribution in [0.2, 0.25) is 0 Å². The molecule has 7 nitrogen and oxygen atoms in total. The molecule has 1 aliphatic heterocycles. The average Bonchev–Trinajstić information content (AvgIpc) is 3.39. The number of anilines is 1. The van der Waals surface area contributed by atoms with Gasteiger partial charge in [0.2, 0.25) is 0 Å². The third-order valence-electron chi connectivity index (χ3n) is 6.32. The number of halogens is 3. The molecule has 1 saturated carbocycles. The van der Waals surface area contributed by atoms with Gasteiger partial charge in [-0.3, -0.25) is 4.68 Å². The van der Waals surface area contributed by atoms with Gasteiger partial charge in [0.15, 0.2) is 0 Å². The van der Waals surface area contributed by atoms with Crippen molar-refractivity contribution in [2.24, 2.45) is 5.92 Å². The summed E-state index contributed by atoms with van der Waals surface area (Å²) in [5.41, 5.74) is 5.62. The fourth-order valence-corrected chi connectivity index (χ4v) is 4.94. The Morgan fingerprint density at radius 3 is 2.45 bits per heavy atom. The Hall–Kier alpha value is -2.78. The molecule has 2 aromatic rings. The van der Waals surface area contributed by atoms with E-state index < -0.39 is 23.2 Å². The first-order chi connectivity index (χ1) is 15.2. The van der Waals surface area contributed by atoms with Gasteiger partial charge in [-0.2, -0.15) is 18.3 Å². The Morgan fingerprint density at radius 1 is 1.21 bits per heavy atom. The van der Waals surface area contributed by atoms with E-state index in [4.69, 9.17) is 10.5 Å². The summed E-state index contributed by atoms with van der Waals surface area (Å²) in [6.07, 6.45) is -1.91. The molecule has 1 amide bonds. The number of piperidine rings is 1. The highest BCUT2D eigenvalue weighted by Crippen LogP contribution is 2.49. The minimum Gasteiger partial charge on any atom is -0.444 e. The minimum absolute atomic E-state index is 0.0265. The van der Waals surface area contributed by atoms with Crippen LogP contribution < -0.4 is 5.73 Å². The standard InChI is InChI=1S/C23H30F3N5O2/c1-12(2)31-19(9-18(29-31)13-7-17(23(24,25)26)20(27)28-10-13)16-8-15-6-14(16)11-30(15)21(32)33-22(3,4)5/h7,9-10,12,14-16H,6,8,11H2,1-5H3,(H2,27,28)/t14-,15?,16+/m1/s1. The van der Waals surface area contributed by atoms with Crippen LogP contribution in [0.3, 0.4) is 0 Å². The maximum Gasteiger partial charge on any atom is 0.419 e. The minimum atomic E-state index is -4.59. The van der Waals surface area contributed by atoms with Crippen LogP contribution in [-0.4, -0.2) is 43.9 Å². The second kappa shape index (κ2) is 7.92. The Kier molecular flexibility index (Phi) is 5.61. The molecular weight excluding hydrogens is 435 g/mol. The van der Waals surface area contributed by atoms with Gasteiger partial charge < -0.3 is 15.4 Å². The second-order valence-electron chi connectivity index (χ2n) is 10.3. The fraction of sp³-hybridized carbons (Fsp3) is 0.609. The molecule has 1 unspecified atom stereocenters. The van der Waals surface area contributed by atoms with E-state index in [1.807, 2.05) is 50.3 Å². The van der Waals surface area contributed by atoms with E-state index in [0.717, 1.165) is 24.6 Å². The Bertz CT molecular complexity index is 1060. The maximum absolute atomic E-state index is 13.3. The Balaban J connectivity index is 1.61. The van der Waals surface area contributed by atoms with E-state index in [2.05, 4.69) is 10.1 Å². The number of nitrogens with two attached hydrogens (primary N) is 1. The lowest BCUT2D eigenvalue weighted by molar-refractivity contribution is -0.137. The van der Waals surface area contributed by atoms with Gasteiger partial charge in [-0.1, -0.05) is 0 Å². The molecule has 0 radical (unpaired) electrons. The molecule has 0 aromatic carbocycles. The van der Waals surface area contributed by atoms with E-state index in [1.54, 1.807) is 0 Å². The highest BCUT2D eigenvalue weighted by atomic mass is 19.4. The van der Waals surface area contributed by atoms with Gasteiger partial charge in [0.25, 0.3) is 0 Å². The van der Waals surface area contributed by atoms with Crippen molar-refractivity contribution in [1.29, 1.82) is 0 Å². The summed E-state index contributed by atoms with van der Waals surface area (Å²) in [6.45, 7) is 10.1. The zero-order valence-electron chi connectivity index (χ0n) is 19.5. The van der Waals surface area contributed by atoms with Crippen LogP contribution in [0, 0.1) is 5.92 Å². The first kappa shape index (κ1) is 23.4. The predicted octanol–water partition coefficient (Wildman–Crippen LogP) is 5.24.